The summed E-state index contributed by atoms with van der Waals surface area (Å²) >= 11 is 3.23. The summed E-state index contributed by atoms with van der Waals surface area (Å²) in [7, 11) is 0. The van der Waals surface area contributed by atoms with Gasteiger partial charge < -0.3 is 4.90 Å². The summed E-state index contributed by atoms with van der Waals surface area (Å²) in [4.78, 5) is 12.8. The first-order chi connectivity index (χ1) is 7.59. The quantitative estimate of drug-likeness (QED) is 0.728. The Kier molecular flexibility index (Phi) is 3.23. The van der Waals surface area contributed by atoms with Crippen molar-refractivity contribution in [1.29, 1.82) is 0 Å². The normalized spacial score (nSPS) is 21.3. The van der Waals surface area contributed by atoms with Crippen LogP contribution < -0.4 is 4.90 Å². The minimum absolute atomic E-state index is 0.0224. The van der Waals surface area contributed by atoms with Crippen molar-refractivity contribution in [3.05, 3.63) is 29.8 Å². The van der Waals surface area contributed by atoms with Crippen LogP contribution in [0.25, 0.3) is 0 Å². The maximum absolute atomic E-state index is 13.5. The molecule has 1 aliphatic rings. The third kappa shape index (κ3) is 2.09. The summed E-state index contributed by atoms with van der Waals surface area (Å²) < 4.78 is 26.5. The molecule has 1 atom stereocenters. The van der Waals surface area contributed by atoms with Crippen molar-refractivity contribution in [2.75, 3.05) is 11.4 Å². The van der Waals surface area contributed by atoms with Crippen molar-refractivity contribution in [1.82, 2.24) is 0 Å². The van der Waals surface area contributed by atoms with Crippen LogP contribution in [0.15, 0.2) is 18.2 Å². The van der Waals surface area contributed by atoms with Crippen LogP contribution in [0.2, 0.25) is 0 Å². The maximum atomic E-state index is 13.5. The van der Waals surface area contributed by atoms with E-state index in [0.29, 0.717) is 6.54 Å². The molecule has 5 heteroatoms. The second kappa shape index (κ2) is 4.49. The summed E-state index contributed by atoms with van der Waals surface area (Å²) in [6.45, 7) is 0.432. The molecule has 1 amide bonds. The number of anilines is 1. The zero-order valence-corrected chi connectivity index (χ0v) is 10.0. The predicted octanol–water partition coefficient (Wildman–Crippen LogP) is 2.86. The fraction of sp³-hybridized carbons (Fsp3) is 0.364. The number of hydrogen-bond donors (Lipinski definition) is 0. The molecule has 0 aromatic heterocycles. The molecule has 1 aromatic rings. The van der Waals surface area contributed by atoms with Gasteiger partial charge in [0.2, 0.25) is 5.91 Å². The lowest BCUT2D eigenvalue weighted by Gasteiger charge is -2.30. The maximum Gasteiger partial charge on any atom is 0.240 e. The van der Waals surface area contributed by atoms with Crippen LogP contribution in [0.4, 0.5) is 14.5 Å². The highest BCUT2D eigenvalue weighted by Crippen LogP contribution is 2.27. The Morgan fingerprint density at radius 1 is 1.38 bits per heavy atom. The van der Waals surface area contributed by atoms with E-state index in [1.54, 1.807) is 0 Å². The zero-order chi connectivity index (χ0) is 11.7. The first kappa shape index (κ1) is 11.5. The average Bonchev–Trinajstić information content (AvgIpc) is 2.26. The molecule has 86 valence electrons. The molecule has 2 nitrogen and oxygen atoms in total. The molecular formula is C11H10BrF2NO. The van der Waals surface area contributed by atoms with E-state index in [9.17, 15) is 13.6 Å². The number of hydrogen-bond acceptors (Lipinski definition) is 1. The SMILES string of the molecule is O=C1C(Br)CCCN1c1cc(F)ccc1F. The van der Waals surface area contributed by atoms with Crippen molar-refractivity contribution in [2.24, 2.45) is 0 Å². The molecule has 0 N–H and O–H groups in total. The Morgan fingerprint density at radius 3 is 2.88 bits per heavy atom. The smallest absolute Gasteiger partial charge is 0.240 e. The summed E-state index contributed by atoms with van der Waals surface area (Å²) in [5.41, 5.74) is 0.0224. The molecule has 2 rings (SSSR count). The number of alkyl halides is 1. The zero-order valence-electron chi connectivity index (χ0n) is 8.42. The Bertz CT molecular complexity index is 424. The number of carbonyl (C=O) groups is 1. The highest BCUT2D eigenvalue weighted by Gasteiger charge is 2.29. The predicted molar refractivity (Wildman–Crippen MR) is 60.7 cm³/mol. The van der Waals surface area contributed by atoms with Crippen molar-refractivity contribution < 1.29 is 13.6 Å². The van der Waals surface area contributed by atoms with Gasteiger partial charge in [-0.15, -0.1) is 0 Å². The molecule has 0 saturated carbocycles. The Hall–Kier alpha value is -0.970. The molecule has 1 saturated heterocycles. The fourth-order valence-electron chi connectivity index (χ4n) is 1.76. The number of halogens is 3. The van der Waals surface area contributed by atoms with Gasteiger partial charge in [0.1, 0.15) is 11.6 Å². The summed E-state index contributed by atoms with van der Waals surface area (Å²) in [6.07, 6.45) is 1.50. The van der Waals surface area contributed by atoms with Crippen LogP contribution in [0.1, 0.15) is 12.8 Å². The minimum Gasteiger partial charge on any atom is -0.309 e. The number of carbonyl (C=O) groups excluding carboxylic acids is 1. The van der Waals surface area contributed by atoms with E-state index < -0.39 is 11.6 Å². The number of nitrogens with zero attached hydrogens (tertiary/aromatic N) is 1. The van der Waals surface area contributed by atoms with Crippen molar-refractivity contribution in [2.45, 2.75) is 17.7 Å². The van der Waals surface area contributed by atoms with Crippen LogP contribution in [-0.2, 0) is 4.79 Å². The van der Waals surface area contributed by atoms with E-state index in [-0.39, 0.29) is 16.4 Å². The lowest BCUT2D eigenvalue weighted by molar-refractivity contribution is -0.118. The van der Waals surface area contributed by atoms with E-state index in [4.69, 9.17) is 0 Å². The van der Waals surface area contributed by atoms with Gasteiger partial charge in [-0.05, 0) is 25.0 Å². The monoisotopic (exact) mass is 289 g/mol. The third-order valence-corrected chi connectivity index (χ3v) is 3.42. The summed E-state index contributed by atoms with van der Waals surface area (Å²) in [5.74, 6) is -1.33. The van der Waals surface area contributed by atoms with Crippen LogP contribution >= 0.6 is 15.9 Å². The van der Waals surface area contributed by atoms with Crippen LogP contribution in [-0.4, -0.2) is 17.3 Å². The van der Waals surface area contributed by atoms with Crippen LogP contribution in [0.5, 0.6) is 0 Å². The molecule has 1 aromatic carbocycles. The van der Waals surface area contributed by atoms with Crippen molar-refractivity contribution in [3.8, 4) is 0 Å². The van der Waals surface area contributed by atoms with E-state index in [1.165, 1.54) is 4.90 Å². The summed E-state index contributed by atoms with van der Waals surface area (Å²) in [6, 6.07) is 3.13. The Labute approximate surface area is 100 Å². The average molecular weight is 290 g/mol. The van der Waals surface area contributed by atoms with E-state index in [1.807, 2.05) is 0 Å². The highest BCUT2D eigenvalue weighted by molar-refractivity contribution is 9.10. The van der Waals surface area contributed by atoms with Gasteiger partial charge in [0.15, 0.2) is 0 Å². The third-order valence-electron chi connectivity index (χ3n) is 2.57. The van der Waals surface area contributed by atoms with Crippen LogP contribution in [0.3, 0.4) is 0 Å². The molecule has 1 heterocycles. The van der Waals surface area contributed by atoms with E-state index in [0.717, 1.165) is 31.0 Å². The first-order valence-electron chi connectivity index (χ1n) is 5.00. The summed E-state index contributed by atoms with van der Waals surface area (Å²) in [5, 5.41) is 0. The molecule has 16 heavy (non-hydrogen) atoms. The van der Waals surface area contributed by atoms with Gasteiger partial charge in [-0.25, -0.2) is 8.78 Å². The fourth-order valence-corrected chi connectivity index (χ4v) is 2.33. The Morgan fingerprint density at radius 2 is 2.12 bits per heavy atom. The van der Waals surface area contributed by atoms with E-state index >= 15 is 0 Å². The van der Waals surface area contributed by atoms with Crippen LogP contribution in [0, 0.1) is 11.6 Å². The Balaban J connectivity index is 2.35. The number of benzene rings is 1. The number of piperidine rings is 1. The van der Waals surface area contributed by atoms with Crippen molar-refractivity contribution >= 4 is 27.5 Å². The molecule has 1 aliphatic heterocycles. The van der Waals surface area contributed by atoms with Crippen molar-refractivity contribution in [3.63, 3.8) is 0 Å². The minimum atomic E-state index is -0.573. The number of rotatable bonds is 1. The first-order valence-corrected chi connectivity index (χ1v) is 5.91. The lowest BCUT2D eigenvalue weighted by atomic mass is 10.1. The molecule has 1 unspecified atom stereocenters. The lowest BCUT2D eigenvalue weighted by Crippen LogP contribution is -2.42. The second-order valence-corrected chi connectivity index (χ2v) is 4.80. The van der Waals surface area contributed by atoms with Gasteiger partial charge in [-0.3, -0.25) is 4.79 Å². The van der Waals surface area contributed by atoms with Gasteiger partial charge in [-0.2, -0.15) is 0 Å². The molecule has 0 aliphatic carbocycles. The largest absolute Gasteiger partial charge is 0.309 e. The molecule has 0 radical (unpaired) electrons. The highest BCUT2D eigenvalue weighted by atomic mass is 79.9. The van der Waals surface area contributed by atoms with Gasteiger partial charge in [0.25, 0.3) is 0 Å². The van der Waals surface area contributed by atoms with Gasteiger partial charge in [0.05, 0.1) is 10.5 Å². The molecule has 1 fully saturated rings. The van der Waals surface area contributed by atoms with Gasteiger partial charge >= 0.3 is 0 Å². The molecule has 0 bridgehead atoms. The molecular weight excluding hydrogens is 280 g/mol. The second-order valence-electron chi connectivity index (χ2n) is 3.70. The van der Waals surface area contributed by atoms with Gasteiger partial charge in [0, 0.05) is 12.6 Å². The topological polar surface area (TPSA) is 20.3 Å². The standard InChI is InChI=1S/C11H10BrF2NO/c12-8-2-1-5-15(11(8)16)10-6-7(13)3-4-9(10)14/h3-4,6,8H,1-2,5H2. The molecule has 0 spiro atoms. The number of amides is 1. The van der Waals surface area contributed by atoms with E-state index in [2.05, 4.69) is 15.9 Å². The van der Waals surface area contributed by atoms with Gasteiger partial charge in [-0.1, -0.05) is 15.9 Å².